The van der Waals surface area contributed by atoms with Gasteiger partial charge in [-0.3, -0.25) is 0 Å². The zero-order valence-electron chi connectivity index (χ0n) is 7.06. The summed E-state index contributed by atoms with van der Waals surface area (Å²) in [6.45, 7) is 0. The van der Waals surface area contributed by atoms with Crippen LogP contribution in [0.4, 0.5) is 0 Å². The van der Waals surface area contributed by atoms with Crippen molar-refractivity contribution in [3.8, 4) is 0 Å². The fourth-order valence-corrected chi connectivity index (χ4v) is 0.737. The molecule has 0 aromatic carbocycles. The Hall–Kier alpha value is -0.770. The number of rotatable bonds is 5. The molecule has 0 amide bonds. The summed E-state index contributed by atoms with van der Waals surface area (Å²) in [6.07, 6.45) is -10.3. The van der Waals surface area contributed by atoms with Gasteiger partial charge < -0.3 is 36.4 Å². The predicted molar refractivity (Wildman–Crippen MR) is 41.9 cm³/mol. The van der Waals surface area contributed by atoms with E-state index in [1.807, 2.05) is 0 Å². The van der Waals surface area contributed by atoms with E-state index in [9.17, 15) is 4.79 Å². The molecule has 14 heavy (non-hydrogen) atoms. The average molecular weight is 211 g/mol. The highest BCUT2D eigenvalue weighted by atomic mass is 16.4. The average Bonchev–Trinajstić information content (AvgIpc) is 2.12. The molecule has 5 atom stereocenters. The summed E-state index contributed by atoms with van der Waals surface area (Å²) < 4.78 is 0. The van der Waals surface area contributed by atoms with Gasteiger partial charge in [0.25, 0.3) is 0 Å². The largest absolute Gasteiger partial charge is 0.479 e. The number of hydrogen-bond acceptors (Lipinski definition) is 7. The van der Waals surface area contributed by atoms with Gasteiger partial charge in [-0.1, -0.05) is 0 Å². The number of hydrogen-bond donors (Lipinski definition) is 7. The zero-order valence-corrected chi connectivity index (χ0v) is 7.06. The molecule has 1 unspecified atom stereocenters. The molecule has 0 aliphatic carbocycles. The van der Waals surface area contributed by atoms with Gasteiger partial charge >= 0.3 is 5.97 Å². The molecule has 0 aliphatic heterocycles. The fourth-order valence-electron chi connectivity index (χ4n) is 0.737. The number of carbonyl (C=O) groups is 1. The van der Waals surface area contributed by atoms with Crippen LogP contribution in [0.25, 0.3) is 0 Å². The summed E-state index contributed by atoms with van der Waals surface area (Å²) in [5.74, 6) is -1.77. The van der Waals surface area contributed by atoms with Gasteiger partial charge in [0.15, 0.2) is 6.10 Å². The van der Waals surface area contributed by atoms with E-state index in [1.54, 1.807) is 0 Å². The third kappa shape index (κ3) is 3.18. The van der Waals surface area contributed by atoms with Crippen LogP contribution in [0, 0.1) is 0 Å². The van der Waals surface area contributed by atoms with Crippen molar-refractivity contribution in [3.05, 3.63) is 0 Å². The number of nitrogens with two attached hydrogens (primary N) is 1. The molecule has 0 aromatic rings. The molecule has 0 saturated heterocycles. The summed E-state index contributed by atoms with van der Waals surface area (Å²) in [4.78, 5) is 10.1. The Labute approximate surface area is 78.8 Å². The molecule has 0 bridgehead atoms. The second-order valence-corrected chi connectivity index (χ2v) is 2.75. The van der Waals surface area contributed by atoms with Crippen LogP contribution in [-0.2, 0) is 4.79 Å². The Balaban J connectivity index is 4.37. The van der Waals surface area contributed by atoms with Crippen LogP contribution in [0.5, 0.6) is 0 Å². The third-order valence-corrected chi connectivity index (χ3v) is 1.63. The van der Waals surface area contributed by atoms with E-state index in [4.69, 9.17) is 36.4 Å². The van der Waals surface area contributed by atoms with Gasteiger partial charge in [0.1, 0.15) is 24.5 Å². The van der Waals surface area contributed by atoms with Gasteiger partial charge in [-0.25, -0.2) is 4.79 Å². The highest BCUT2D eigenvalue weighted by Crippen LogP contribution is 2.06. The molecule has 0 aromatic heterocycles. The summed E-state index contributed by atoms with van der Waals surface area (Å²) in [5, 5.41) is 52.5. The lowest BCUT2D eigenvalue weighted by Gasteiger charge is -2.25. The Morgan fingerprint density at radius 3 is 1.64 bits per heavy atom. The maximum atomic E-state index is 10.1. The number of carboxylic acids is 1. The first kappa shape index (κ1) is 13.2. The van der Waals surface area contributed by atoms with Crippen molar-refractivity contribution in [2.24, 2.45) is 5.73 Å². The minimum absolute atomic E-state index is 1.77. The lowest BCUT2D eigenvalue weighted by atomic mass is 10.0. The smallest absolute Gasteiger partial charge is 0.335 e. The summed E-state index contributed by atoms with van der Waals surface area (Å²) in [7, 11) is 0. The van der Waals surface area contributed by atoms with Crippen molar-refractivity contribution in [2.45, 2.75) is 30.6 Å². The van der Waals surface area contributed by atoms with Gasteiger partial charge in [0.2, 0.25) is 0 Å². The van der Waals surface area contributed by atoms with Crippen molar-refractivity contribution in [2.75, 3.05) is 0 Å². The standard InChI is InChI=1S/C6H13NO7/c7-5(12)3(10)1(8)2(9)4(11)6(13)14/h1-5,8-12H,7H2,(H,13,14)/t1-,2-,3-,4+,5?/m0/s1. The molecule has 84 valence electrons. The lowest BCUT2D eigenvalue weighted by Crippen LogP contribution is -2.53. The van der Waals surface area contributed by atoms with Gasteiger partial charge in [-0.05, 0) is 0 Å². The van der Waals surface area contributed by atoms with Crippen LogP contribution >= 0.6 is 0 Å². The van der Waals surface area contributed by atoms with Crippen LogP contribution < -0.4 is 5.73 Å². The second-order valence-electron chi connectivity index (χ2n) is 2.75. The monoisotopic (exact) mass is 211 g/mol. The normalized spacial score (nSPS) is 22.1. The van der Waals surface area contributed by atoms with Gasteiger partial charge in [-0.2, -0.15) is 0 Å². The van der Waals surface area contributed by atoms with Crippen molar-refractivity contribution < 1.29 is 35.4 Å². The molecule has 0 saturated carbocycles. The number of aliphatic hydroxyl groups excluding tert-OH is 5. The van der Waals surface area contributed by atoms with Crippen LogP contribution in [0.3, 0.4) is 0 Å². The molecule has 0 fully saturated rings. The summed E-state index contributed by atoms with van der Waals surface area (Å²) in [5.41, 5.74) is 4.76. The molecule has 0 rings (SSSR count). The van der Waals surface area contributed by atoms with E-state index in [1.165, 1.54) is 0 Å². The van der Waals surface area contributed by atoms with Crippen molar-refractivity contribution in [1.29, 1.82) is 0 Å². The van der Waals surface area contributed by atoms with E-state index in [0.29, 0.717) is 0 Å². The van der Waals surface area contributed by atoms with Crippen molar-refractivity contribution in [3.63, 3.8) is 0 Å². The fraction of sp³-hybridized carbons (Fsp3) is 0.833. The van der Waals surface area contributed by atoms with E-state index in [-0.39, 0.29) is 0 Å². The Kier molecular flexibility index (Phi) is 4.91. The van der Waals surface area contributed by atoms with Gasteiger partial charge in [0.05, 0.1) is 0 Å². The van der Waals surface area contributed by atoms with Gasteiger partial charge in [0, 0.05) is 0 Å². The van der Waals surface area contributed by atoms with E-state index in [2.05, 4.69) is 0 Å². The zero-order chi connectivity index (χ0) is 11.5. The molecular weight excluding hydrogens is 198 g/mol. The molecule has 0 radical (unpaired) electrons. The van der Waals surface area contributed by atoms with Crippen LogP contribution in [0.2, 0.25) is 0 Å². The maximum absolute atomic E-state index is 10.1. The first-order valence-electron chi connectivity index (χ1n) is 3.67. The quantitative estimate of drug-likeness (QED) is 0.225. The van der Waals surface area contributed by atoms with Crippen LogP contribution in [0.1, 0.15) is 0 Å². The van der Waals surface area contributed by atoms with Gasteiger partial charge in [-0.15, -0.1) is 0 Å². The Morgan fingerprint density at radius 1 is 0.929 bits per heavy atom. The highest BCUT2D eigenvalue weighted by molar-refractivity contribution is 5.72. The number of carboxylic acid groups (broad SMARTS) is 1. The first-order valence-corrected chi connectivity index (χ1v) is 3.67. The topological polar surface area (TPSA) is 164 Å². The number of aliphatic carboxylic acids is 1. The Bertz CT molecular complexity index is 197. The molecular formula is C6H13NO7. The van der Waals surface area contributed by atoms with E-state index < -0.39 is 36.6 Å². The molecule has 0 heterocycles. The molecule has 8 N–H and O–H groups in total. The Morgan fingerprint density at radius 2 is 1.36 bits per heavy atom. The highest BCUT2D eigenvalue weighted by Gasteiger charge is 2.36. The van der Waals surface area contributed by atoms with E-state index in [0.717, 1.165) is 0 Å². The SMILES string of the molecule is NC(O)[C@@H](O)[C@@H](O)[C@H](O)[C@@H](O)C(=O)O. The number of aliphatic hydroxyl groups is 5. The van der Waals surface area contributed by atoms with Crippen molar-refractivity contribution in [1.82, 2.24) is 0 Å². The first-order chi connectivity index (χ1) is 6.29. The van der Waals surface area contributed by atoms with Crippen LogP contribution in [-0.4, -0.2) is 67.3 Å². The third-order valence-electron chi connectivity index (χ3n) is 1.63. The molecule has 8 heteroatoms. The summed E-state index contributed by atoms with van der Waals surface area (Å²) >= 11 is 0. The lowest BCUT2D eigenvalue weighted by molar-refractivity contribution is -0.167. The summed E-state index contributed by atoms with van der Waals surface area (Å²) in [6, 6.07) is 0. The molecule has 8 nitrogen and oxygen atoms in total. The van der Waals surface area contributed by atoms with E-state index >= 15 is 0 Å². The molecule has 0 aliphatic rings. The minimum Gasteiger partial charge on any atom is -0.479 e. The van der Waals surface area contributed by atoms with Crippen molar-refractivity contribution >= 4 is 5.97 Å². The minimum atomic E-state index is -2.27. The second kappa shape index (κ2) is 5.20. The van der Waals surface area contributed by atoms with Crippen LogP contribution in [0.15, 0.2) is 0 Å². The predicted octanol–water partition coefficient (Wildman–Crippen LogP) is -4.21. The molecule has 0 spiro atoms. The maximum Gasteiger partial charge on any atom is 0.335 e.